The standard InChI is InChI=1S/C19H24N2O6S2/c1-3-21(13-8-9-29(25,26)11-13)19(24)12(2)27-17(22)10-16-18(23)20-14-6-4-5-7-15(14)28-16/h4-7,12-13,16H,3,8-11H2,1-2H3,(H,20,23). The van der Waals surface area contributed by atoms with Crippen LogP contribution in [0.15, 0.2) is 29.2 Å². The molecule has 0 radical (unpaired) electrons. The van der Waals surface area contributed by atoms with Crippen molar-refractivity contribution in [3.63, 3.8) is 0 Å². The third kappa shape index (κ3) is 5.11. The summed E-state index contributed by atoms with van der Waals surface area (Å²) in [4.78, 5) is 39.6. The van der Waals surface area contributed by atoms with Crippen LogP contribution in [0.1, 0.15) is 26.7 Å². The van der Waals surface area contributed by atoms with Gasteiger partial charge in [0.25, 0.3) is 5.91 Å². The maximum atomic E-state index is 12.7. The number of fused-ring (bicyclic) bond motifs is 1. The number of hydrogen-bond donors (Lipinski definition) is 1. The van der Waals surface area contributed by atoms with E-state index in [2.05, 4.69) is 5.32 Å². The highest BCUT2D eigenvalue weighted by molar-refractivity contribution is 8.01. The minimum Gasteiger partial charge on any atom is -0.452 e. The molecule has 1 fully saturated rings. The molecule has 1 aromatic rings. The fourth-order valence-corrected chi connectivity index (χ4v) is 6.35. The van der Waals surface area contributed by atoms with Gasteiger partial charge in [-0.1, -0.05) is 12.1 Å². The molecule has 0 saturated carbocycles. The number of carbonyl (C=O) groups is 3. The molecule has 158 valence electrons. The lowest BCUT2D eigenvalue weighted by Gasteiger charge is -2.29. The number of sulfone groups is 1. The second kappa shape index (κ2) is 8.74. The lowest BCUT2D eigenvalue weighted by molar-refractivity contribution is -0.160. The maximum absolute atomic E-state index is 12.7. The molecule has 1 saturated heterocycles. The first kappa shape index (κ1) is 21.6. The summed E-state index contributed by atoms with van der Waals surface area (Å²) in [5.74, 6) is -1.35. The van der Waals surface area contributed by atoms with Gasteiger partial charge in [0.05, 0.1) is 28.9 Å². The van der Waals surface area contributed by atoms with E-state index in [0.717, 1.165) is 4.90 Å². The van der Waals surface area contributed by atoms with Crippen molar-refractivity contribution in [3.8, 4) is 0 Å². The average Bonchev–Trinajstić information content (AvgIpc) is 3.02. The number of hydrogen-bond acceptors (Lipinski definition) is 7. The molecule has 2 aliphatic rings. The number of rotatable bonds is 6. The minimum absolute atomic E-state index is 0.0606. The summed E-state index contributed by atoms with van der Waals surface area (Å²) < 4.78 is 28.7. The molecule has 2 aliphatic heterocycles. The van der Waals surface area contributed by atoms with E-state index in [4.69, 9.17) is 4.74 Å². The molecule has 0 bridgehead atoms. The van der Waals surface area contributed by atoms with Gasteiger partial charge in [-0.15, -0.1) is 11.8 Å². The third-order valence-electron chi connectivity index (χ3n) is 4.99. The van der Waals surface area contributed by atoms with Crippen molar-refractivity contribution in [2.24, 2.45) is 0 Å². The molecule has 3 unspecified atom stereocenters. The largest absolute Gasteiger partial charge is 0.452 e. The summed E-state index contributed by atoms with van der Waals surface area (Å²) in [6.07, 6.45) is -0.817. The number of anilines is 1. The number of ether oxygens (including phenoxy) is 1. The Bertz CT molecular complexity index is 917. The Hall–Kier alpha value is -2.07. The molecule has 10 heteroatoms. The first-order valence-electron chi connectivity index (χ1n) is 9.47. The van der Waals surface area contributed by atoms with Gasteiger partial charge >= 0.3 is 5.97 Å². The van der Waals surface area contributed by atoms with Crippen LogP contribution in [-0.4, -0.2) is 66.5 Å². The van der Waals surface area contributed by atoms with E-state index in [0.29, 0.717) is 18.7 Å². The number of likely N-dealkylation sites (N-methyl/N-ethyl adjacent to an activating group) is 1. The molecule has 1 N–H and O–H groups in total. The number of benzene rings is 1. The highest BCUT2D eigenvalue weighted by Crippen LogP contribution is 2.36. The van der Waals surface area contributed by atoms with Crippen LogP contribution in [0, 0.1) is 0 Å². The van der Waals surface area contributed by atoms with E-state index in [9.17, 15) is 22.8 Å². The van der Waals surface area contributed by atoms with Crippen LogP contribution in [0.2, 0.25) is 0 Å². The lowest BCUT2D eigenvalue weighted by Crippen LogP contribution is -2.46. The number of thioether (sulfide) groups is 1. The zero-order chi connectivity index (χ0) is 21.2. The van der Waals surface area contributed by atoms with Crippen molar-refractivity contribution in [2.75, 3.05) is 23.4 Å². The number of esters is 1. The van der Waals surface area contributed by atoms with Crippen LogP contribution < -0.4 is 5.32 Å². The third-order valence-corrected chi connectivity index (χ3v) is 8.01. The Morgan fingerprint density at radius 2 is 2.07 bits per heavy atom. The van der Waals surface area contributed by atoms with Crippen LogP contribution in [0.4, 0.5) is 5.69 Å². The molecular formula is C19H24N2O6S2. The minimum atomic E-state index is -3.13. The quantitative estimate of drug-likeness (QED) is 0.667. The fraction of sp³-hybridized carbons (Fsp3) is 0.526. The number of nitrogens with zero attached hydrogens (tertiary/aromatic N) is 1. The van der Waals surface area contributed by atoms with Gasteiger partial charge in [0.1, 0.15) is 0 Å². The molecule has 2 heterocycles. The Labute approximate surface area is 174 Å². The van der Waals surface area contributed by atoms with Gasteiger partial charge in [-0.25, -0.2) is 8.42 Å². The maximum Gasteiger partial charge on any atom is 0.308 e. The molecule has 0 aliphatic carbocycles. The van der Waals surface area contributed by atoms with Gasteiger partial charge in [0.15, 0.2) is 15.9 Å². The van der Waals surface area contributed by atoms with E-state index in [1.165, 1.54) is 23.6 Å². The summed E-state index contributed by atoms with van der Waals surface area (Å²) in [7, 11) is -3.13. The Morgan fingerprint density at radius 1 is 1.34 bits per heavy atom. The number of para-hydroxylation sites is 1. The molecule has 0 aromatic heterocycles. The van der Waals surface area contributed by atoms with E-state index >= 15 is 0 Å². The molecule has 8 nitrogen and oxygen atoms in total. The topological polar surface area (TPSA) is 110 Å². The Morgan fingerprint density at radius 3 is 2.72 bits per heavy atom. The van der Waals surface area contributed by atoms with E-state index < -0.39 is 39.1 Å². The monoisotopic (exact) mass is 440 g/mol. The van der Waals surface area contributed by atoms with E-state index in [-0.39, 0.29) is 23.8 Å². The zero-order valence-corrected chi connectivity index (χ0v) is 17.9. The second-order valence-corrected chi connectivity index (χ2v) is 10.6. The van der Waals surface area contributed by atoms with Crippen LogP contribution in [0.25, 0.3) is 0 Å². The highest BCUT2D eigenvalue weighted by atomic mass is 32.2. The SMILES string of the molecule is CCN(C(=O)C(C)OC(=O)CC1Sc2ccccc2NC1=O)C1CCS(=O)(=O)C1. The summed E-state index contributed by atoms with van der Waals surface area (Å²) in [6.45, 7) is 3.56. The van der Waals surface area contributed by atoms with Crippen LogP contribution in [0.5, 0.6) is 0 Å². The highest BCUT2D eigenvalue weighted by Gasteiger charge is 2.37. The van der Waals surface area contributed by atoms with Crippen LogP contribution in [-0.2, 0) is 29.0 Å². The summed E-state index contributed by atoms with van der Waals surface area (Å²) >= 11 is 1.28. The number of nitrogens with one attached hydrogen (secondary N) is 1. The van der Waals surface area contributed by atoms with Crippen molar-refractivity contribution in [2.45, 2.75) is 49.0 Å². The van der Waals surface area contributed by atoms with Crippen LogP contribution in [0.3, 0.4) is 0 Å². The van der Waals surface area contributed by atoms with Gasteiger partial charge in [-0.3, -0.25) is 14.4 Å². The van der Waals surface area contributed by atoms with Crippen molar-refractivity contribution in [1.29, 1.82) is 0 Å². The van der Waals surface area contributed by atoms with Crippen molar-refractivity contribution >= 4 is 45.1 Å². The molecule has 1 aromatic carbocycles. The van der Waals surface area contributed by atoms with E-state index in [1.54, 1.807) is 13.0 Å². The molecule has 3 atom stereocenters. The molecular weight excluding hydrogens is 416 g/mol. The number of amides is 2. The predicted octanol–water partition coefficient (Wildman–Crippen LogP) is 1.46. The molecule has 0 spiro atoms. The van der Waals surface area contributed by atoms with Gasteiger partial charge in [0.2, 0.25) is 5.91 Å². The van der Waals surface area contributed by atoms with Gasteiger partial charge < -0.3 is 15.0 Å². The number of carbonyl (C=O) groups excluding carboxylic acids is 3. The summed E-state index contributed by atoms with van der Waals surface area (Å²) in [6, 6.07) is 6.92. The second-order valence-electron chi connectivity index (χ2n) is 7.11. The smallest absolute Gasteiger partial charge is 0.308 e. The zero-order valence-electron chi connectivity index (χ0n) is 16.3. The van der Waals surface area contributed by atoms with Crippen molar-refractivity contribution < 1.29 is 27.5 Å². The first-order valence-corrected chi connectivity index (χ1v) is 12.2. The Kier molecular flexibility index (Phi) is 6.52. The Balaban J connectivity index is 1.57. The predicted molar refractivity (Wildman–Crippen MR) is 109 cm³/mol. The van der Waals surface area contributed by atoms with Crippen molar-refractivity contribution in [3.05, 3.63) is 24.3 Å². The van der Waals surface area contributed by atoms with Crippen LogP contribution >= 0.6 is 11.8 Å². The normalized spacial score (nSPS) is 23.6. The van der Waals surface area contributed by atoms with Gasteiger partial charge in [-0.2, -0.15) is 0 Å². The summed E-state index contributed by atoms with van der Waals surface area (Å²) in [5, 5.41) is 2.13. The fourth-order valence-electron chi connectivity index (χ4n) is 3.52. The average molecular weight is 441 g/mol. The molecule has 29 heavy (non-hydrogen) atoms. The van der Waals surface area contributed by atoms with Gasteiger partial charge in [-0.05, 0) is 32.4 Å². The lowest BCUT2D eigenvalue weighted by atomic mass is 10.2. The first-order chi connectivity index (χ1) is 13.7. The molecule has 2 amide bonds. The van der Waals surface area contributed by atoms with Crippen molar-refractivity contribution in [1.82, 2.24) is 4.90 Å². The molecule has 3 rings (SSSR count). The van der Waals surface area contributed by atoms with Gasteiger partial charge in [0, 0.05) is 17.5 Å². The summed E-state index contributed by atoms with van der Waals surface area (Å²) in [5.41, 5.74) is 0.709. The van der Waals surface area contributed by atoms with E-state index in [1.807, 2.05) is 18.2 Å².